The van der Waals surface area contributed by atoms with Crippen LogP contribution in [0.1, 0.15) is 10.5 Å². The number of nitrogens with zero attached hydrogens (tertiary/aromatic N) is 1. The fourth-order valence-corrected chi connectivity index (χ4v) is 0.545. The van der Waals surface area contributed by atoms with Crippen LogP contribution in [0.2, 0.25) is 0 Å². The Bertz CT molecular complexity index is 220. The number of rotatable bonds is 1. The second kappa shape index (κ2) is 2.96. The Morgan fingerprint density at radius 2 is 2.60 bits per heavy atom. The van der Waals surface area contributed by atoms with Gasteiger partial charge in [0.15, 0.2) is 0 Å². The molecule has 3 heteroatoms. The molecule has 10 heavy (non-hydrogen) atoms. The van der Waals surface area contributed by atoms with Gasteiger partial charge < -0.3 is 4.74 Å². The molecular formula is C7H6NO2. The Hall–Kier alpha value is -1.38. The minimum Gasteiger partial charge on any atom is -0.464 e. The summed E-state index contributed by atoms with van der Waals surface area (Å²) in [4.78, 5) is 14.4. The summed E-state index contributed by atoms with van der Waals surface area (Å²) in [6, 6.07) is 5.85. The summed E-state index contributed by atoms with van der Waals surface area (Å²) in [7, 11) is 1.32. The number of aromatic nitrogens is 1. The Balaban J connectivity index is 2.85. The van der Waals surface area contributed by atoms with Crippen LogP contribution in [0.3, 0.4) is 0 Å². The molecule has 0 saturated heterocycles. The molecule has 1 rings (SSSR count). The summed E-state index contributed by atoms with van der Waals surface area (Å²) in [5, 5.41) is 0. The molecule has 1 aromatic rings. The number of esters is 1. The lowest BCUT2D eigenvalue weighted by molar-refractivity contribution is 0.0594. The van der Waals surface area contributed by atoms with E-state index >= 15 is 0 Å². The Kier molecular flexibility index (Phi) is 1.99. The van der Waals surface area contributed by atoms with E-state index in [0.717, 1.165) is 0 Å². The van der Waals surface area contributed by atoms with Crippen LogP contribution in [0.4, 0.5) is 0 Å². The average molecular weight is 136 g/mol. The van der Waals surface area contributed by atoms with Crippen molar-refractivity contribution in [1.29, 1.82) is 0 Å². The number of carbonyl (C=O) groups is 1. The quantitative estimate of drug-likeness (QED) is 0.532. The van der Waals surface area contributed by atoms with E-state index in [1.807, 2.05) is 0 Å². The Morgan fingerprint density at radius 3 is 3.10 bits per heavy atom. The molecule has 51 valence electrons. The number of hydrogen-bond acceptors (Lipinski definition) is 3. The number of ether oxygens (including phenoxy) is 1. The van der Waals surface area contributed by atoms with Gasteiger partial charge in [0.2, 0.25) is 0 Å². The van der Waals surface area contributed by atoms with Gasteiger partial charge in [-0.15, -0.1) is 0 Å². The highest BCUT2D eigenvalue weighted by atomic mass is 16.5. The molecule has 1 radical (unpaired) electrons. The largest absolute Gasteiger partial charge is 0.464 e. The fraction of sp³-hybridized carbons (Fsp3) is 0.143. The summed E-state index contributed by atoms with van der Waals surface area (Å²) in [6.45, 7) is 0. The zero-order valence-corrected chi connectivity index (χ0v) is 5.50. The molecule has 0 aliphatic carbocycles. The molecular weight excluding hydrogens is 130 g/mol. The molecule has 0 aliphatic rings. The first kappa shape index (κ1) is 6.74. The van der Waals surface area contributed by atoms with Crippen molar-refractivity contribution in [2.24, 2.45) is 0 Å². The lowest BCUT2D eigenvalue weighted by Crippen LogP contribution is -2.02. The van der Waals surface area contributed by atoms with Crippen LogP contribution in [-0.4, -0.2) is 18.1 Å². The van der Waals surface area contributed by atoms with E-state index in [1.54, 1.807) is 12.1 Å². The van der Waals surface area contributed by atoms with Gasteiger partial charge in [-0.05, 0) is 6.07 Å². The van der Waals surface area contributed by atoms with E-state index in [2.05, 4.69) is 15.8 Å². The third-order valence-electron chi connectivity index (χ3n) is 1.01. The predicted molar refractivity (Wildman–Crippen MR) is 34.4 cm³/mol. The monoisotopic (exact) mass is 136 g/mol. The molecule has 3 nitrogen and oxygen atoms in total. The van der Waals surface area contributed by atoms with Crippen LogP contribution in [0.15, 0.2) is 18.3 Å². The third-order valence-corrected chi connectivity index (χ3v) is 1.01. The van der Waals surface area contributed by atoms with Crippen molar-refractivity contribution < 1.29 is 9.53 Å². The topological polar surface area (TPSA) is 39.2 Å². The lowest BCUT2D eigenvalue weighted by atomic mass is 10.4. The van der Waals surface area contributed by atoms with Gasteiger partial charge in [-0.25, -0.2) is 9.78 Å². The maximum absolute atomic E-state index is 10.7. The van der Waals surface area contributed by atoms with Crippen molar-refractivity contribution in [2.45, 2.75) is 0 Å². The van der Waals surface area contributed by atoms with Crippen LogP contribution in [0.25, 0.3) is 0 Å². The van der Waals surface area contributed by atoms with Gasteiger partial charge >= 0.3 is 5.97 Å². The van der Waals surface area contributed by atoms with E-state index in [1.165, 1.54) is 13.3 Å². The molecule has 0 aliphatic heterocycles. The number of carbonyl (C=O) groups excluding carboxylic acids is 1. The smallest absolute Gasteiger partial charge is 0.356 e. The van der Waals surface area contributed by atoms with Crippen molar-refractivity contribution in [3.8, 4) is 0 Å². The number of methoxy groups -OCH3 is 1. The molecule has 0 saturated carbocycles. The first-order valence-corrected chi connectivity index (χ1v) is 2.75. The van der Waals surface area contributed by atoms with Crippen LogP contribution >= 0.6 is 0 Å². The van der Waals surface area contributed by atoms with E-state index in [-0.39, 0.29) is 0 Å². The second-order valence-corrected chi connectivity index (χ2v) is 1.64. The van der Waals surface area contributed by atoms with Crippen molar-refractivity contribution in [3.63, 3.8) is 0 Å². The molecule has 0 aromatic carbocycles. The van der Waals surface area contributed by atoms with Crippen molar-refractivity contribution in [2.75, 3.05) is 7.11 Å². The maximum Gasteiger partial charge on any atom is 0.356 e. The van der Waals surface area contributed by atoms with E-state index in [4.69, 9.17) is 0 Å². The average Bonchev–Trinajstić information content (AvgIpc) is 2.05. The number of pyridine rings is 1. The molecule has 0 fully saturated rings. The highest BCUT2D eigenvalue weighted by molar-refractivity contribution is 5.86. The van der Waals surface area contributed by atoms with E-state index in [0.29, 0.717) is 5.69 Å². The highest BCUT2D eigenvalue weighted by Crippen LogP contribution is 1.93. The fourth-order valence-electron chi connectivity index (χ4n) is 0.545. The molecule has 1 aromatic heterocycles. The molecule has 0 amide bonds. The van der Waals surface area contributed by atoms with Gasteiger partial charge in [-0.2, -0.15) is 0 Å². The SMILES string of the molecule is COC(=O)c1cc[c]cn1. The summed E-state index contributed by atoms with van der Waals surface area (Å²) in [5.74, 6) is -0.422. The molecule has 0 N–H and O–H groups in total. The summed E-state index contributed by atoms with van der Waals surface area (Å²) in [5.41, 5.74) is 0.307. The second-order valence-electron chi connectivity index (χ2n) is 1.64. The van der Waals surface area contributed by atoms with Gasteiger partial charge in [0.1, 0.15) is 5.69 Å². The van der Waals surface area contributed by atoms with E-state index in [9.17, 15) is 4.79 Å². The first-order chi connectivity index (χ1) is 4.84. The van der Waals surface area contributed by atoms with Crippen LogP contribution in [-0.2, 0) is 4.74 Å². The Labute approximate surface area is 58.7 Å². The Morgan fingerprint density at radius 1 is 1.80 bits per heavy atom. The minimum atomic E-state index is -0.422. The standard InChI is InChI=1S/C7H6NO2/c1-10-7(9)6-4-2-3-5-8-6/h2,4-5H,1H3. The van der Waals surface area contributed by atoms with E-state index < -0.39 is 5.97 Å². The zero-order chi connectivity index (χ0) is 7.40. The third kappa shape index (κ3) is 1.31. The zero-order valence-electron chi connectivity index (χ0n) is 5.50. The summed E-state index contributed by atoms with van der Waals surface area (Å²) < 4.78 is 4.42. The molecule has 1 heterocycles. The molecule has 0 bridgehead atoms. The maximum atomic E-state index is 10.7. The summed E-state index contributed by atoms with van der Waals surface area (Å²) >= 11 is 0. The van der Waals surface area contributed by atoms with Gasteiger partial charge in [0.25, 0.3) is 0 Å². The van der Waals surface area contributed by atoms with Crippen molar-refractivity contribution in [3.05, 3.63) is 30.1 Å². The number of hydrogen-bond donors (Lipinski definition) is 0. The van der Waals surface area contributed by atoms with Crippen LogP contribution in [0, 0.1) is 6.07 Å². The molecule has 0 spiro atoms. The predicted octanol–water partition coefficient (Wildman–Crippen LogP) is 0.668. The van der Waals surface area contributed by atoms with Gasteiger partial charge in [-0.1, -0.05) is 6.07 Å². The highest BCUT2D eigenvalue weighted by Gasteiger charge is 2.02. The molecule has 0 atom stereocenters. The van der Waals surface area contributed by atoms with Gasteiger partial charge in [-0.3, -0.25) is 0 Å². The van der Waals surface area contributed by atoms with Crippen molar-refractivity contribution in [1.82, 2.24) is 4.98 Å². The molecule has 0 unspecified atom stereocenters. The summed E-state index contributed by atoms with van der Waals surface area (Å²) in [6.07, 6.45) is 1.42. The van der Waals surface area contributed by atoms with Crippen molar-refractivity contribution >= 4 is 5.97 Å². The van der Waals surface area contributed by atoms with Crippen LogP contribution in [0.5, 0.6) is 0 Å². The first-order valence-electron chi connectivity index (χ1n) is 2.75. The minimum absolute atomic E-state index is 0.307. The van der Waals surface area contributed by atoms with Gasteiger partial charge in [0, 0.05) is 12.3 Å². The van der Waals surface area contributed by atoms with Crippen LogP contribution < -0.4 is 0 Å². The lowest BCUT2D eigenvalue weighted by Gasteiger charge is -1.94. The van der Waals surface area contributed by atoms with Gasteiger partial charge in [0.05, 0.1) is 7.11 Å². The normalized spacial score (nSPS) is 8.90.